The fraction of sp³-hybridized carbons (Fsp3) is 1.00. The fourth-order valence-corrected chi connectivity index (χ4v) is 1.26. The number of rotatable bonds is 12. The molecule has 0 aromatic rings. The highest BCUT2D eigenvalue weighted by atomic mass is 16.5. The maximum absolute atomic E-state index is 10.0. The molecule has 0 amide bonds. The maximum atomic E-state index is 10.0. The van der Waals surface area contributed by atoms with Gasteiger partial charge in [-0.2, -0.15) is 0 Å². The summed E-state index contributed by atoms with van der Waals surface area (Å²) >= 11 is 0. The van der Waals surface area contributed by atoms with Crippen molar-refractivity contribution in [1.82, 2.24) is 0 Å². The Morgan fingerprint density at radius 2 is 0.933 bits per heavy atom. The Labute approximate surface area is 92.2 Å². The summed E-state index contributed by atoms with van der Waals surface area (Å²) in [6.45, 7) is 1.80. The van der Waals surface area contributed by atoms with E-state index < -0.39 is 0 Å². The summed E-state index contributed by atoms with van der Waals surface area (Å²) in [5.74, 6) is 0. The average molecular weight is 218 g/mol. The topological polar surface area (TPSA) is 64.6 Å². The van der Waals surface area contributed by atoms with Crippen LogP contribution in [0.1, 0.15) is 32.1 Å². The van der Waals surface area contributed by atoms with Crippen LogP contribution in [0, 0.1) is 0 Å². The predicted octanol–water partition coefficient (Wildman–Crippen LogP) is -0.309. The zero-order chi connectivity index (χ0) is 11.2. The number of ether oxygens (including phenoxy) is 2. The molecule has 0 saturated carbocycles. The van der Waals surface area contributed by atoms with Crippen molar-refractivity contribution in [2.75, 3.05) is 39.6 Å². The van der Waals surface area contributed by atoms with Gasteiger partial charge in [0.25, 0.3) is 0 Å². The Morgan fingerprint density at radius 1 is 0.533 bits per heavy atom. The molecule has 0 spiro atoms. The van der Waals surface area contributed by atoms with Gasteiger partial charge >= 0.3 is 0 Å². The van der Waals surface area contributed by atoms with E-state index in [0.717, 1.165) is 25.7 Å². The number of hydrogen-bond acceptors (Lipinski definition) is 4. The second-order valence-corrected chi connectivity index (χ2v) is 3.40. The standard InChI is InChI=1S/C11H22O4/c12-6-10-14-8-4-2-1-3-5-9-15-11-7-13/h1-11H2/q-2. The summed E-state index contributed by atoms with van der Waals surface area (Å²) in [6.07, 6.45) is 5.51. The SMILES string of the molecule is [O-]CCOCCCCCCCOCC[O-]. The van der Waals surface area contributed by atoms with Crippen LogP contribution in [-0.4, -0.2) is 39.6 Å². The van der Waals surface area contributed by atoms with Crippen molar-refractivity contribution >= 4 is 0 Å². The Kier molecular flexibility index (Phi) is 13.7. The Balaban J connectivity index is 2.81. The Morgan fingerprint density at radius 3 is 1.33 bits per heavy atom. The average Bonchev–Trinajstić information content (AvgIpc) is 2.26. The van der Waals surface area contributed by atoms with Crippen LogP contribution in [-0.2, 0) is 9.47 Å². The molecule has 0 bridgehead atoms. The quantitative estimate of drug-likeness (QED) is 0.421. The van der Waals surface area contributed by atoms with Crippen LogP contribution in [0.5, 0.6) is 0 Å². The van der Waals surface area contributed by atoms with E-state index in [1.54, 1.807) is 0 Å². The minimum absolute atomic E-state index is 0.142. The lowest BCUT2D eigenvalue weighted by molar-refractivity contribution is -0.374. The van der Waals surface area contributed by atoms with Gasteiger partial charge in [-0.15, -0.1) is 13.2 Å². The van der Waals surface area contributed by atoms with Crippen molar-refractivity contribution in [3.63, 3.8) is 0 Å². The van der Waals surface area contributed by atoms with E-state index in [9.17, 15) is 10.2 Å². The third kappa shape index (κ3) is 13.8. The first-order valence-electron chi connectivity index (χ1n) is 5.73. The summed E-state index contributed by atoms with van der Waals surface area (Å²) < 4.78 is 10.1. The van der Waals surface area contributed by atoms with Crippen LogP contribution in [0.2, 0.25) is 0 Å². The zero-order valence-electron chi connectivity index (χ0n) is 9.41. The van der Waals surface area contributed by atoms with Gasteiger partial charge in [-0.3, -0.25) is 0 Å². The molecular weight excluding hydrogens is 196 g/mol. The first-order chi connectivity index (χ1) is 7.41. The minimum atomic E-state index is -0.142. The van der Waals surface area contributed by atoms with E-state index in [-0.39, 0.29) is 13.2 Å². The van der Waals surface area contributed by atoms with Gasteiger partial charge in [0.1, 0.15) is 0 Å². The smallest absolute Gasteiger partial charge is 0.0465 e. The summed E-state index contributed by atoms with van der Waals surface area (Å²) in [5.41, 5.74) is 0. The van der Waals surface area contributed by atoms with E-state index in [2.05, 4.69) is 0 Å². The monoisotopic (exact) mass is 218 g/mol. The number of unbranched alkanes of at least 4 members (excludes halogenated alkanes) is 4. The van der Waals surface area contributed by atoms with Gasteiger partial charge in [-0.1, -0.05) is 19.3 Å². The molecule has 0 unspecified atom stereocenters. The molecule has 92 valence electrons. The molecule has 0 aromatic carbocycles. The molecule has 0 N–H and O–H groups in total. The molecule has 0 aliphatic rings. The summed E-state index contributed by atoms with van der Waals surface area (Å²) in [6, 6.07) is 0. The van der Waals surface area contributed by atoms with Crippen LogP contribution in [0.4, 0.5) is 0 Å². The third-order valence-electron chi connectivity index (χ3n) is 2.03. The summed E-state index contributed by atoms with van der Waals surface area (Å²) in [7, 11) is 0. The highest BCUT2D eigenvalue weighted by Crippen LogP contribution is 2.03. The van der Waals surface area contributed by atoms with Crippen LogP contribution < -0.4 is 10.2 Å². The van der Waals surface area contributed by atoms with E-state index in [0.29, 0.717) is 26.4 Å². The largest absolute Gasteiger partial charge is 0.853 e. The summed E-state index contributed by atoms with van der Waals surface area (Å²) in [5, 5.41) is 20.1. The van der Waals surface area contributed by atoms with Crippen LogP contribution >= 0.6 is 0 Å². The first kappa shape index (κ1) is 14.8. The molecule has 0 heterocycles. The van der Waals surface area contributed by atoms with Crippen molar-refractivity contribution in [3.8, 4) is 0 Å². The lowest BCUT2D eigenvalue weighted by atomic mass is 10.1. The second kappa shape index (κ2) is 13.8. The van der Waals surface area contributed by atoms with E-state index in [4.69, 9.17) is 9.47 Å². The predicted molar refractivity (Wildman–Crippen MR) is 54.5 cm³/mol. The van der Waals surface area contributed by atoms with Crippen LogP contribution in [0.15, 0.2) is 0 Å². The Hall–Kier alpha value is -0.160. The second-order valence-electron chi connectivity index (χ2n) is 3.40. The molecule has 0 atom stereocenters. The molecule has 0 saturated heterocycles. The molecule has 0 fully saturated rings. The van der Waals surface area contributed by atoms with Gasteiger partial charge in [0.2, 0.25) is 0 Å². The van der Waals surface area contributed by atoms with Gasteiger partial charge < -0.3 is 19.7 Å². The lowest BCUT2D eigenvalue weighted by Gasteiger charge is -2.07. The normalized spacial score (nSPS) is 10.8. The van der Waals surface area contributed by atoms with Crippen molar-refractivity contribution in [1.29, 1.82) is 0 Å². The Bertz CT molecular complexity index is 96.8. The molecular formula is C11H22O4-2. The van der Waals surface area contributed by atoms with Gasteiger partial charge in [0, 0.05) is 26.4 Å². The third-order valence-corrected chi connectivity index (χ3v) is 2.03. The molecule has 4 heteroatoms. The molecule has 0 aromatic heterocycles. The van der Waals surface area contributed by atoms with Gasteiger partial charge in [0.15, 0.2) is 0 Å². The van der Waals surface area contributed by atoms with Crippen molar-refractivity contribution < 1.29 is 19.7 Å². The van der Waals surface area contributed by atoms with Gasteiger partial charge in [0.05, 0.1) is 0 Å². The lowest BCUT2D eigenvalue weighted by Crippen LogP contribution is -2.13. The molecule has 4 nitrogen and oxygen atoms in total. The fourth-order valence-electron chi connectivity index (χ4n) is 1.26. The van der Waals surface area contributed by atoms with Gasteiger partial charge in [-0.05, 0) is 12.8 Å². The first-order valence-corrected chi connectivity index (χ1v) is 5.73. The molecule has 15 heavy (non-hydrogen) atoms. The minimum Gasteiger partial charge on any atom is -0.853 e. The van der Waals surface area contributed by atoms with E-state index in [1.807, 2.05) is 0 Å². The molecule has 0 radical (unpaired) electrons. The molecule has 0 aliphatic carbocycles. The van der Waals surface area contributed by atoms with Gasteiger partial charge in [-0.25, -0.2) is 0 Å². The molecule has 0 rings (SSSR count). The van der Waals surface area contributed by atoms with E-state index in [1.165, 1.54) is 6.42 Å². The van der Waals surface area contributed by atoms with E-state index >= 15 is 0 Å². The maximum Gasteiger partial charge on any atom is 0.0465 e. The highest BCUT2D eigenvalue weighted by Gasteiger charge is 1.91. The van der Waals surface area contributed by atoms with Crippen LogP contribution in [0.25, 0.3) is 0 Å². The van der Waals surface area contributed by atoms with Crippen molar-refractivity contribution in [2.45, 2.75) is 32.1 Å². The number of hydrogen-bond donors (Lipinski definition) is 0. The van der Waals surface area contributed by atoms with Crippen LogP contribution in [0.3, 0.4) is 0 Å². The van der Waals surface area contributed by atoms with Crippen molar-refractivity contribution in [2.24, 2.45) is 0 Å². The highest BCUT2D eigenvalue weighted by molar-refractivity contribution is 4.44. The zero-order valence-corrected chi connectivity index (χ0v) is 9.41. The summed E-state index contributed by atoms with van der Waals surface area (Å²) in [4.78, 5) is 0. The molecule has 0 aliphatic heterocycles. The van der Waals surface area contributed by atoms with Crippen molar-refractivity contribution in [3.05, 3.63) is 0 Å².